The van der Waals surface area contributed by atoms with Crippen molar-refractivity contribution in [1.82, 2.24) is 0 Å². The second-order valence-corrected chi connectivity index (χ2v) is 4.49. The number of rotatable bonds is 4. The second-order valence-electron chi connectivity index (χ2n) is 4.49. The first-order valence-electron chi connectivity index (χ1n) is 6.09. The minimum atomic E-state index is -0.977. The Labute approximate surface area is 116 Å². The number of hydrogen-bond donors (Lipinski definition) is 4. The summed E-state index contributed by atoms with van der Waals surface area (Å²) in [6, 6.07) is 10.4. The van der Waals surface area contributed by atoms with Gasteiger partial charge in [-0.15, -0.1) is 0 Å². The molecule has 2 rings (SSSR count). The zero-order valence-corrected chi connectivity index (χ0v) is 10.9. The summed E-state index contributed by atoms with van der Waals surface area (Å²) < 4.78 is 0. The quantitative estimate of drug-likeness (QED) is 0.643. The van der Waals surface area contributed by atoms with Crippen LogP contribution in [0.4, 0.5) is 5.69 Å². The van der Waals surface area contributed by atoms with Crippen LogP contribution in [0.5, 0.6) is 11.5 Å². The van der Waals surface area contributed by atoms with Crippen molar-refractivity contribution in [1.29, 1.82) is 0 Å². The van der Waals surface area contributed by atoms with Crippen LogP contribution < -0.4 is 5.32 Å². The molecule has 0 aromatic heterocycles. The summed E-state index contributed by atoms with van der Waals surface area (Å²) in [5.74, 6) is -0.812. The maximum absolute atomic E-state index is 10.8. The van der Waals surface area contributed by atoms with E-state index in [-0.39, 0.29) is 23.1 Å². The molecule has 1 atom stereocenters. The molecule has 0 saturated carbocycles. The third-order valence-electron chi connectivity index (χ3n) is 2.99. The molecule has 0 saturated heterocycles. The smallest absolute Gasteiger partial charge is 0.335 e. The maximum Gasteiger partial charge on any atom is 0.335 e. The highest BCUT2D eigenvalue weighted by atomic mass is 16.4. The Morgan fingerprint density at radius 2 is 1.75 bits per heavy atom. The number of anilines is 1. The van der Waals surface area contributed by atoms with Crippen LogP contribution in [0, 0.1) is 0 Å². The maximum atomic E-state index is 10.8. The summed E-state index contributed by atoms with van der Waals surface area (Å²) in [4.78, 5) is 10.8. The van der Waals surface area contributed by atoms with E-state index in [0.29, 0.717) is 5.56 Å². The predicted molar refractivity (Wildman–Crippen MR) is 75.2 cm³/mol. The third kappa shape index (κ3) is 3.00. The van der Waals surface area contributed by atoms with Crippen LogP contribution in [0.2, 0.25) is 0 Å². The number of hydrogen-bond acceptors (Lipinski definition) is 4. The highest BCUT2D eigenvalue weighted by molar-refractivity contribution is 5.88. The standard InChI is InChI=1S/C15H15NO4/c1-9(13-8-12(17)6-7-14(13)18)16-11-4-2-10(3-5-11)15(19)20/h2-9,16-18H,1H3,(H,19,20). The van der Waals surface area contributed by atoms with Gasteiger partial charge in [0, 0.05) is 11.3 Å². The molecule has 4 N–H and O–H groups in total. The molecule has 0 spiro atoms. The molecule has 0 bridgehead atoms. The summed E-state index contributed by atoms with van der Waals surface area (Å²) in [5, 5.41) is 31.2. The number of phenols is 2. The van der Waals surface area contributed by atoms with E-state index in [2.05, 4.69) is 5.32 Å². The summed E-state index contributed by atoms with van der Waals surface area (Å²) in [6.45, 7) is 1.83. The van der Waals surface area contributed by atoms with E-state index in [1.807, 2.05) is 6.92 Å². The lowest BCUT2D eigenvalue weighted by Crippen LogP contribution is -2.07. The minimum Gasteiger partial charge on any atom is -0.508 e. The molecule has 0 amide bonds. The Hall–Kier alpha value is -2.69. The Morgan fingerprint density at radius 3 is 2.35 bits per heavy atom. The summed E-state index contributed by atoms with van der Waals surface area (Å²) in [6.07, 6.45) is 0. The van der Waals surface area contributed by atoms with Gasteiger partial charge in [0.1, 0.15) is 11.5 Å². The van der Waals surface area contributed by atoms with Crippen LogP contribution in [0.25, 0.3) is 0 Å². The van der Waals surface area contributed by atoms with Crippen LogP contribution in [0.3, 0.4) is 0 Å². The van der Waals surface area contributed by atoms with Crippen molar-refractivity contribution in [3.63, 3.8) is 0 Å². The molecule has 5 heteroatoms. The average molecular weight is 273 g/mol. The van der Waals surface area contributed by atoms with Crippen molar-refractivity contribution in [2.75, 3.05) is 5.32 Å². The fourth-order valence-corrected chi connectivity index (χ4v) is 1.93. The van der Waals surface area contributed by atoms with Gasteiger partial charge in [0.05, 0.1) is 11.6 Å². The lowest BCUT2D eigenvalue weighted by molar-refractivity contribution is 0.0697. The number of aromatic carboxylic acids is 1. The van der Waals surface area contributed by atoms with E-state index >= 15 is 0 Å². The summed E-state index contributed by atoms with van der Waals surface area (Å²) >= 11 is 0. The van der Waals surface area contributed by atoms with Crippen LogP contribution in [-0.2, 0) is 0 Å². The van der Waals surface area contributed by atoms with Gasteiger partial charge in [-0.05, 0) is 49.4 Å². The van der Waals surface area contributed by atoms with Gasteiger partial charge >= 0.3 is 5.97 Å². The molecule has 5 nitrogen and oxygen atoms in total. The van der Waals surface area contributed by atoms with Gasteiger partial charge in [-0.2, -0.15) is 0 Å². The van der Waals surface area contributed by atoms with Crippen molar-refractivity contribution >= 4 is 11.7 Å². The Kier molecular flexibility index (Phi) is 3.79. The number of nitrogens with one attached hydrogen (secondary N) is 1. The number of carboxylic acid groups (broad SMARTS) is 1. The fourth-order valence-electron chi connectivity index (χ4n) is 1.93. The van der Waals surface area contributed by atoms with Gasteiger partial charge in [0.25, 0.3) is 0 Å². The van der Waals surface area contributed by atoms with Crippen molar-refractivity contribution in [2.45, 2.75) is 13.0 Å². The average Bonchev–Trinajstić information content (AvgIpc) is 2.42. The highest BCUT2D eigenvalue weighted by Gasteiger charge is 2.11. The fraction of sp³-hybridized carbons (Fsp3) is 0.133. The Bertz CT molecular complexity index is 622. The van der Waals surface area contributed by atoms with Gasteiger partial charge in [0.15, 0.2) is 0 Å². The van der Waals surface area contributed by atoms with Crippen LogP contribution in [0.1, 0.15) is 28.9 Å². The zero-order chi connectivity index (χ0) is 14.7. The van der Waals surface area contributed by atoms with E-state index in [1.165, 1.54) is 30.3 Å². The van der Waals surface area contributed by atoms with Gasteiger partial charge < -0.3 is 20.6 Å². The molecule has 0 heterocycles. The van der Waals surface area contributed by atoms with Gasteiger partial charge in [0.2, 0.25) is 0 Å². The number of phenolic OH excluding ortho intramolecular Hbond substituents is 2. The minimum absolute atomic E-state index is 0.0766. The van der Waals surface area contributed by atoms with Crippen LogP contribution in [-0.4, -0.2) is 21.3 Å². The topological polar surface area (TPSA) is 89.8 Å². The molecule has 0 fully saturated rings. The number of aromatic hydroxyl groups is 2. The monoisotopic (exact) mass is 273 g/mol. The summed E-state index contributed by atoms with van der Waals surface area (Å²) in [7, 11) is 0. The van der Waals surface area contributed by atoms with E-state index in [9.17, 15) is 15.0 Å². The molecule has 0 radical (unpaired) electrons. The largest absolute Gasteiger partial charge is 0.508 e. The SMILES string of the molecule is CC(Nc1ccc(C(=O)O)cc1)c1cc(O)ccc1O. The molecule has 0 aliphatic rings. The zero-order valence-electron chi connectivity index (χ0n) is 10.9. The lowest BCUT2D eigenvalue weighted by Gasteiger charge is -2.17. The first kappa shape index (κ1) is 13.7. The van der Waals surface area contributed by atoms with Crippen molar-refractivity contribution < 1.29 is 20.1 Å². The molecule has 2 aromatic rings. The van der Waals surface area contributed by atoms with Gasteiger partial charge in [-0.1, -0.05) is 0 Å². The number of carbonyl (C=O) groups is 1. The summed E-state index contributed by atoms with van der Waals surface area (Å²) in [5.41, 5.74) is 1.50. The van der Waals surface area contributed by atoms with E-state index < -0.39 is 5.97 Å². The van der Waals surface area contributed by atoms with E-state index in [0.717, 1.165) is 5.69 Å². The van der Waals surface area contributed by atoms with Crippen LogP contribution in [0.15, 0.2) is 42.5 Å². The first-order chi connectivity index (χ1) is 9.47. The second kappa shape index (κ2) is 5.52. The first-order valence-corrected chi connectivity index (χ1v) is 6.09. The molecule has 20 heavy (non-hydrogen) atoms. The Balaban J connectivity index is 2.16. The highest BCUT2D eigenvalue weighted by Crippen LogP contribution is 2.30. The van der Waals surface area contributed by atoms with Crippen molar-refractivity contribution in [3.8, 4) is 11.5 Å². The molecule has 2 aromatic carbocycles. The number of benzene rings is 2. The molecule has 1 unspecified atom stereocenters. The Morgan fingerprint density at radius 1 is 1.10 bits per heavy atom. The van der Waals surface area contributed by atoms with Gasteiger partial charge in [-0.3, -0.25) is 0 Å². The van der Waals surface area contributed by atoms with Gasteiger partial charge in [-0.25, -0.2) is 4.79 Å². The van der Waals surface area contributed by atoms with E-state index in [4.69, 9.17) is 5.11 Å². The third-order valence-corrected chi connectivity index (χ3v) is 2.99. The number of carboxylic acids is 1. The van der Waals surface area contributed by atoms with Crippen molar-refractivity contribution in [3.05, 3.63) is 53.6 Å². The molecule has 0 aliphatic heterocycles. The van der Waals surface area contributed by atoms with Crippen molar-refractivity contribution in [2.24, 2.45) is 0 Å². The predicted octanol–water partition coefficient (Wildman–Crippen LogP) is 2.97. The van der Waals surface area contributed by atoms with Crippen LogP contribution >= 0.6 is 0 Å². The lowest BCUT2D eigenvalue weighted by atomic mass is 10.1. The molecule has 104 valence electrons. The molecule has 0 aliphatic carbocycles. The molecular weight excluding hydrogens is 258 g/mol. The normalized spacial score (nSPS) is 11.8. The van der Waals surface area contributed by atoms with E-state index in [1.54, 1.807) is 12.1 Å². The molecular formula is C15H15NO4.